The monoisotopic (exact) mass is 418 g/mol. The number of aromatic nitrogens is 1. The van der Waals surface area contributed by atoms with Crippen LogP contribution in [0.3, 0.4) is 0 Å². The highest BCUT2D eigenvalue weighted by atomic mass is 19.2. The molecule has 5 nitrogen and oxygen atoms in total. The van der Waals surface area contributed by atoms with Crippen molar-refractivity contribution in [1.29, 1.82) is 0 Å². The van der Waals surface area contributed by atoms with Crippen LogP contribution in [0.1, 0.15) is 53.7 Å². The Hall–Kier alpha value is -3.29. The number of primary amides is 1. The third kappa shape index (κ3) is 3.65. The van der Waals surface area contributed by atoms with Gasteiger partial charge in [-0.25, -0.2) is 13.2 Å². The van der Waals surface area contributed by atoms with Crippen molar-refractivity contribution in [3.63, 3.8) is 0 Å². The van der Waals surface area contributed by atoms with E-state index in [1.165, 1.54) is 10.6 Å². The molecule has 0 aliphatic heterocycles. The molecule has 158 valence electrons. The first kappa shape index (κ1) is 21.4. The van der Waals surface area contributed by atoms with E-state index in [1.54, 1.807) is 6.92 Å². The van der Waals surface area contributed by atoms with Crippen LogP contribution in [0.15, 0.2) is 30.3 Å². The van der Waals surface area contributed by atoms with Crippen molar-refractivity contribution in [2.45, 2.75) is 39.0 Å². The van der Waals surface area contributed by atoms with E-state index in [9.17, 15) is 27.9 Å². The van der Waals surface area contributed by atoms with Gasteiger partial charge in [-0.3, -0.25) is 14.2 Å². The number of rotatable bonds is 6. The minimum absolute atomic E-state index is 0.0553. The fourth-order valence-corrected chi connectivity index (χ4v) is 3.87. The molecule has 0 saturated heterocycles. The van der Waals surface area contributed by atoms with Crippen LogP contribution in [0.25, 0.3) is 10.9 Å². The number of fused-ring (bicyclic) bond motifs is 1. The number of phenolic OH excluding ortho intramolecular Hbond substituents is 1. The van der Waals surface area contributed by atoms with Crippen LogP contribution in [0, 0.1) is 24.4 Å². The highest BCUT2D eigenvalue weighted by Gasteiger charge is 2.28. The lowest BCUT2D eigenvalue weighted by atomic mass is 9.89. The molecule has 30 heavy (non-hydrogen) atoms. The number of benzene rings is 2. The molecule has 2 aromatic carbocycles. The third-order valence-corrected chi connectivity index (χ3v) is 5.34. The maximum absolute atomic E-state index is 15.0. The van der Waals surface area contributed by atoms with Crippen LogP contribution in [0.5, 0.6) is 5.75 Å². The Morgan fingerprint density at radius 2 is 1.83 bits per heavy atom. The smallest absolute Gasteiger partial charge is 0.262 e. The molecule has 8 heteroatoms. The van der Waals surface area contributed by atoms with Crippen molar-refractivity contribution >= 4 is 22.7 Å². The summed E-state index contributed by atoms with van der Waals surface area (Å²) in [7, 11) is 0. The minimum Gasteiger partial charge on any atom is -0.505 e. The molecule has 0 unspecified atom stereocenters. The van der Waals surface area contributed by atoms with Gasteiger partial charge in [0.15, 0.2) is 23.2 Å². The lowest BCUT2D eigenvalue weighted by Crippen LogP contribution is -2.15. The number of hydrogen-bond donors (Lipinski definition) is 2. The van der Waals surface area contributed by atoms with E-state index in [0.29, 0.717) is 24.1 Å². The van der Waals surface area contributed by atoms with Gasteiger partial charge in [0, 0.05) is 23.1 Å². The van der Waals surface area contributed by atoms with E-state index in [-0.39, 0.29) is 28.8 Å². The highest BCUT2D eigenvalue weighted by Crippen LogP contribution is 2.40. The van der Waals surface area contributed by atoms with Gasteiger partial charge >= 0.3 is 0 Å². The topological polar surface area (TPSA) is 85.3 Å². The number of aromatic hydroxyl groups is 1. The molecular formula is C22H21F3N2O3. The van der Waals surface area contributed by atoms with Gasteiger partial charge in [-0.1, -0.05) is 6.92 Å². The second-order valence-electron chi connectivity index (χ2n) is 7.17. The van der Waals surface area contributed by atoms with Gasteiger partial charge in [0.05, 0.1) is 5.52 Å². The second-order valence-corrected chi connectivity index (χ2v) is 7.17. The van der Waals surface area contributed by atoms with Gasteiger partial charge in [-0.05, 0) is 61.6 Å². The van der Waals surface area contributed by atoms with Crippen LogP contribution in [0.4, 0.5) is 13.2 Å². The zero-order valence-corrected chi connectivity index (χ0v) is 16.5. The fraction of sp³-hybridized carbons (Fsp3) is 0.273. The van der Waals surface area contributed by atoms with Crippen LogP contribution >= 0.6 is 0 Å². The van der Waals surface area contributed by atoms with Gasteiger partial charge in [0.2, 0.25) is 5.91 Å². The van der Waals surface area contributed by atoms with E-state index < -0.39 is 35.0 Å². The molecule has 1 aromatic heterocycles. The number of carbonyl (C=O) groups excluding carboxylic acids is 2. The normalized spacial score (nSPS) is 12.3. The van der Waals surface area contributed by atoms with Gasteiger partial charge in [0.25, 0.3) is 5.91 Å². The molecular weight excluding hydrogens is 397 g/mol. The SMILES string of the molecule is CC[C@@H](CCC(N)=O)c1c(C)n(C(=O)c2ccc(F)c(F)c2)c2ccc(O)c(F)c12. The average molecular weight is 418 g/mol. The van der Waals surface area contributed by atoms with Crippen molar-refractivity contribution in [1.82, 2.24) is 4.57 Å². The number of amides is 1. The summed E-state index contributed by atoms with van der Waals surface area (Å²) < 4.78 is 43.1. The molecule has 0 aliphatic rings. The van der Waals surface area contributed by atoms with Crippen LogP contribution in [0.2, 0.25) is 0 Å². The summed E-state index contributed by atoms with van der Waals surface area (Å²) >= 11 is 0. The van der Waals surface area contributed by atoms with Crippen LogP contribution in [-0.4, -0.2) is 21.5 Å². The molecule has 0 bridgehead atoms. The predicted molar refractivity (Wildman–Crippen MR) is 106 cm³/mol. The molecule has 0 radical (unpaired) electrons. The molecule has 3 rings (SSSR count). The Bertz CT molecular complexity index is 1150. The van der Waals surface area contributed by atoms with Gasteiger partial charge < -0.3 is 10.8 Å². The third-order valence-electron chi connectivity index (χ3n) is 5.34. The summed E-state index contributed by atoms with van der Waals surface area (Å²) in [6, 6.07) is 5.29. The number of hydrogen-bond acceptors (Lipinski definition) is 3. The molecule has 1 amide bonds. The van der Waals surface area contributed by atoms with E-state index in [2.05, 4.69) is 0 Å². The standard InChI is InChI=1S/C22H21F3N2O3/c1-3-12(5-9-18(26)29)19-11(2)27(16-7-8-17(28)21(25)20(16)19)22(30)13-4-6-14(23)15(24)10-13/h4,6-8,10,12,28H,3,5,9H2,1-2H3,(H2,26,29)/t12-/m0/s1. The number of phenols is 1. The second kappa shape index (κ2) is 8.22. The number of nitrogens with two attached hydrogens (primary N) is 1. The van der Waals surface area contributed by atoms with Crippen molar-refractivity contribution in [3.8, 4) is 5.75 Å². The van der Waals surface area contributed by atoms with Gasteiger partial charge in [0.1, 0.15) is 0 Å². The summed E-state index contributed by atoms with van der Waals surface area (Å²) in [6.45, 7) is 3.46. The molecule has 1 heterocycles. The van der Waals surface area contributed by atoms with Gasteiger partial charge in [-0.2, -0.15) is 0 Å². The molecule has 0 aliphatic carbocycles. The summed E-state index contributed by atoms with van der Waals surface area (Å²) in [4.78, 5) is 24.4. The number of nitrogens with zero attached hydrogens (tertiary/aromatic N) is 1. The zero-order valence-electron chi connectivity index (χ0n) is 16.5. The summed E-state index contributed by atoms with van der Waals surface area (Å²) in [5.74, 6) is -5.21. The fourth-order valence-electron chi connectivity index (χ4n) is 3.87. The first-order valence-corrected chi connectivity index (χ1v) is 9.47. The first-order valence-electron chi connectivity index (χ1n) is 9.47. The Labute approximate surface area is 170 Å². The molecule has 3 N–H and O–H groups in total. The maximum Gasteiger partial charge on any atom is 0.262 e. The Morgan fingerprint density at radius 3 is 2.43 bits per heavy atom. The molecule has 0 fully saturated rings. The summed E-state index contributed by atoms with van der Waals surface area (Å²) in [5.41, 5.74) is 6.19. The van der Waals surface area contributed by atoms with Crippen molar-refractivity contribution in [2.75, 3.05) is 0 Å². The zero-order chi connectivity index (χ0) is 22.2. The lowest BCUT2D eigenvalue weighted by molar-refractivity contribution is -0.118. The molecule has 0 saturated carbocycles. The molecule has 3 aromatic rings. The van der Waals surface area contributed by atoms with Crippen molar-refractivity contribution in [2.24, 2.45) is 5.73 Å². The van der Waals surface area contributed by atoms with E-state index in [0.717, 1.165) is 24.3 Å². The Kier molecular flexibility index (Phi) is 5.87. The van der Waals surface area contributed by atoms with Crippen LogP contribution in [-0.2, 0) is 4.79 Å². The summed E-state index contributed by atoms with van der Waals surface area (Å²) in [6.07, 6.45) is 0.935. The van der Waals surface area contributed by atoms with Crippen molar-refractivity contribution in [3.05, 3.63) is 64.6 Å². The quantitative estimate of drug-likeness (QED) is 0.617. The van der Waals surface area contributed by atoms with Gasteiger partial charge in [-0.15, -0.1) is 0 Å². The summed E-state index contributed by atoms with van der Waals surface area (Å²) in [5, 5.41) is 9.96. The van der Waals surface area contributed by atoms with E-state index >= 15 is 0 Å². The molecule has 1 atom stereocenters. The highest BCUT2D eigenvalue weighted by molar-refractivity contribution is 6.04. The Balaban J connectivity index is 2.26. The Morgan fingerprint density at radius 1 is 1.13 bits per heavy atom. The van der Waals surface area contributed by atoms with E-state index in [4.69, 9.17) is 5.73 Å². The maximum atomic E-state index is 15.0. The van der Waals surface area contributed by atoms with E-state index in [1.807, 2.05) is 6.92 Å². The largest absolute Gasteiger partial charge is 0.505 e. The van der Waals surface area contributed by atoms with Crippen molar-refractivity contribution < 1.29 is 27.9 Å². The first-order chi connectivity index (χ1) is 14.2. The lowest BCUT2D eigenvalue weighted by Gasteiger charge is -2.16. The van der Waals surface area contributed by atoms with Crippen LogP contribution < -0.4 is 5.73 Å². The predicted octanol–water partition coefficient (Wildman–Crippen LogP) is 4.52. The molecule has 0 spiro atoms. The minimum atomic E-state index is -1.17. The average Bonchev–Trinajstić information content (AvgIpc) is 2.99. The number of halogens is 3. The number of carbonyl (C=O) groups is 2.